The van der Waals surface area contributed by atoms with Gasteiger partial charge in [-0.1, -0.05) is 37.3 Å². The van der Waals surface area contributed by atoms with Crippen molar-refractivity contribution in [3.05, 3.63) is 59.2 Å². The standard InChI is InChI=1S/C29H36O5/c1-18(30)29(2)16-23(28(31)22-10-11-33-17-22)14-25(29)21-8-9-26(32-3)27(15-21)34-24-12-19-6-4-5-7-20(19)13-24/h4-9,15,18,22-25,30H,10-14,16-17H2,1-3H3/t18-,22?,23?,25-,29-/m1/s1. The molecular formula is C29H36O5. The molecule has 5 nitrogen and oxygen atoms in total. The van der Waals surface area contributed by atoms with Crippen LogP contribution in [0.2, 0.25) is 0 Å². The van der Waals surface area contributed by atoms with Crippen LogP contribution in [-0.2, 0) is 22.4 Å². The van der Waals surface area contributed by atoms with Gasteiger partial charge in [0.2, 0.25) is 0 Å². The molecule has 0 bridgehead atoms. The summed E-state index contributed by atoms with van der Waals surface area (Å²) in [6.07, 6.45) is 3.59. The van der Waals surface area contributed by atoms with Crippen LogP contribution in [0.4, 0.5) is 0 Å². The van der Waals surface area contributed by atoms with Crippen LogP contribution in [0, 0.1) is 17.3 Å². The summed E-state index contributed by atoms with van der Waals surface area (Å²) in [6.45, 7) is 5.19. The summed E-state index contributed by atoms with van der Waals surface area (Å²) in [5, 5.41) is 10.8. The Kier molecular flexibility index (Phi) is 6.43. The smallest absolute Gasteiger partial charge is 0.161 e. The fourth-order valence-electron chi connectivity index (χ4n) is 6.38. The van der Waals surface area contributed by atoms with E-state index in [1.807, 2.05) is 13.0 Å². The Labute approximate surface area is 202 Å². The molecule has 1 saturated heterocycles. The van der Waals surface area contributed by atoms with Crippen molar-refractivity contribution < 1.29 is 24.1 Å². The van der Waals surface area contributed by atoms with Crippen LogP contribution in [0.25, 0.3) is 0 Å². The summed E-state index contributed by atoms with van der Waals surface area (Å²) in [5.41, 5.74) is 3.41. The molecule has 5 heteroatoms. The zero-order chi connectivity index (χ0) is 23.9. The number of aliphatic hydroxyl groups is 1. The van der Waals surface area contributed by atoms with Crippen molar-refractivity contribution >= 4 is 5.78 Å². The molecule has 5 atom stereocenters. The lowest BCUT2D eigenvalue weighted by molar-refractivity contribution is -0.127. The van der Waals surface area contributed by atoms with Crippen molar-refractivity contribution in [3.8, 4) is 11.5 Å². The normalized spacial score (nSPS) is 29.7. The molecule has 1 N–H and O–H groups in total. The van der Waals surface area contributed by atoms with Gasteiger partial charge in [0.15, 0.2) is 11.5 Å². The second-order valence-corrected chi connectivity index (χ2v) is 10.7. The van der Waals surface area contributed by atoms with Gasteiger partial charge in [-0.15, -0.1) is 0 Å². The first-order valence-corrected chi connectivity index (χ1v) is 12.6. The van der Waals surface area contributed by atoms with Gasteiger partial charge in [0, 0.05) is 36.7 Å². The van der Waals surface area contributed by atoms with Crippen LogP contribution in [0.3, 0.4) is 0 Å². The Hall–Kier alpha value is -2.37. The summed E-state index contributed by atoms with van der Waals surface area (Å²) in [7, 11) is 1.67. The Balaban J connectivity index is 1.40. The molecule has 2 unspecified atom stereocenters. The number of hydrogen-bond donors (Lipinski definition) is 1. The minimum absolute atomic E-state index is 0.000703. The number of ketones is 1. The summed E-state index contributed by atoms with van der Waals surface area (Å²) < 4.78 is 17.6. The van der Waals surface area contributed by atoms with E-state index < -0.39 is 6.10 Å². The molecule has 1 aliphatic heterocycles. The van der Waals surface area contributed by atoms with E-state index >= 15 is 0 Å². The van der Waals surface area contributed by atoms with Gasteiger partial charge in [-0.3, -0.25) is 4.79 Å². The third kappa shape index (κ3) is 4.25. The predicted molar refractivity (Wildman–Crippen MR) is 130 cm³/mol. The Morgan fingerprint density at radius 2 is 1.85 bits per heavy atom. The highest BCUT2D eigenvalue weighted by molar-refractivity contribution is 5.84. The minimum Gasteiger partial charge on any atom is -0.493 e. The molecule has 1 saturated carbocycles. The number of methoxy groups -OCH3 is 1. The van der Waals surface area contributed by atoms with E-state index in [0.29, 0.717) is 31.2 Å². The van der Waals surface area contributed by atoms with Crippen LogP contribution in [0.1, 0.15) is 55.7 Å². The number of fused-ring (bicyclic) bond motifs is 1. The van der Waals surface area contributed by atoms with Gasteiger partial charge in [0.05, 0.1) is 19.8 Å². The van der Waals surface area contributed by atoms with Crippen LogP contribution in [0.15, 0.2) is 42.5 Å². The van der Waals surface area contributed by atoms with E-state index in [1.165, 1.54) is 11.1 Å². The summed E-state index contributed by atoms with van der Waals surface area (Å²) in [4.78, 5) is 13.2. The zero-order valence-electron chi connectivity index (χ0n) is 20.5. The van der Waals surface area contributed by atoms with Gasteiger partial charge in [-0.05, 0) is 60.9 Å². The predicted octanol–water partition coefficient (Wildman–Crippen LogP) is 4.73. The highest BCUT2D eigenvalue weighted by atomic mass is 16.5. The van der Waals surface area contributed by atoms with Crippen molar-refractivity contribution in [1.82, 2.24) is 0 Å². The Morgan fingerprint density at radius 3 is 2.47 bits per heavy atom. The third-order valence-electron chi connectivity index (χ3n) is 8.59. The molecule has 0 spiro atoms. The Morgan fingerprint density at radius 1 is 1.12 bits per heavy atom. The lowest BCUT2D eigenvalue weighted by atomic mass is 9.72. The van der Waals surface area contributed by atoms with Crippen molar-refractivity contribution in [2.45, 2.75) is 64.1 Å². The number of benzene rings is 2. The molecule has 0 aromatic heterocycles. The van der Waals surface area contributed by atoms with E-state index in [4.69, 9.17) is 14.2 Å². The number of aliphatic hydroxyl groups excluding tert-OH is 1. The van der Waals surface area contributed by atoms with Crippen LogP contribution in [-0.4, -0.2) is 43.4 Å². The first-order chi connectivity index (χ1) is 16.4. The third-order valence-corrected chi connectivity index (χ3v) is 8.59. The molecule has 0 radical (unpaired) electrons. The van der Waals surface area contributed by atoms with Crippen LogP contribution < -0.4 is 9.47 Å². The molecule has 2 aromatic rings. The molecule has 2 aromatic carbocycles. The second kappa shape index (κ2) is 9.35. The van der Waals surface area contributed by atoms with Crippen LogP contribution >= 0.6 is 0 Å². The van der Waals surface area contributed by atoms with E-state index in [9.17, 15) is 9.90 Å². The molecule has 2 fully saturated rings. The van der Waals surface area contributed by atoms with E-state index in [-0.39, 0.29) is 29.3 Å². The number of rotatable bonds is 7. The summed E-state index contributed by atoms with van der Waals surface area (Å²) in [5.74, 6) is 1.78. The molecule has 5 rings (SSSR count). The number of ether oxygens (including phenoxy) is 3. The SMILES string of the molecule is COc1ccc([C@H]2CC(C(=O)C3CCOC3)C[C@]2(C)[C@@H](C)O)cc1OC1Cc2ccccc2C1. The fourth-order valence-corrected chi connectivity index (χ4v) is 6.38. The highest BCUT2D eigenvalue weighted by Crippen LogP contribution is 2.55. The van der Waals surface area contributed by atoms with Crippen molar-refractivity contribution in [2.24, 2.45) is 17.3 Å². The van der Waals surface area contributed by atoms with Crippen LogP contribution in [0.5, 0.6) is 11.5 Å². The van der Waals surface area contributed by atoms with Gasteiger partial charge < -0.3 is 19.3 Å². The number of carbonyl (C=O) groups is 1. The average Bonchev–Trinajstić information content (AvgIpc) is 3.57. The zero-order valence-corrected chi connectivity index (χ0v) is 20.5. The minimum atomic E-state index is -0.522. The van der Waals surface area contributed by atoms with Crippen molar-refractivity contribution in [3.63, 3.8) is 0 Å². The maximum atomic E-state index is 13.2. The largest absolute Gasteiger partial charge is 0.493 e. The maximum absolute atomic E-state index is 13.2. The molecule has 1 heterocycles. The number of Topliss-reactive ketones (excluding diaryl/α,β-unsaturated/α-hetero) is 1. The van der Waals surface area contributed by atoms with Crippen molar-refractivity contribution in [1.29, 1.82) is 0 Å². The second-order valence-electron chi connectivity index (χ2n) is 10.7. The Bertz CT molecular complexity index is 1020. The molecule has 2 aliphatic carbocycles. The summed E-state index contributed by atoms with van der Waals surface area (Å²) >= 11 is 0. The lowest BCUT2D eigenvalue weighted by Gasteiger charge is -2.35. The van der Waals surface area contributed by atoms with Gasteiger partial charge in [0.1, 0.15) is 11.9 Å². The molecule has 182 valence electrons. The van der Waals surface area contributed by atoms with E-state index in [0.717, 1.165) is 37.0 Å². The quantitative estimate of drug-likeness (QED) is 0.642. The van der Waals surface area contributed by atoms with Gasteiger partial charge in [-0.25, -0.2) is 0 Å². The monoisotopic (exact) mass is 464 g/mol. The topological polar surface area (TPSA) is 65.0 Å². The average molecular weight is 465 g/mol. The number of carbonyl (C=O) groups excluding carboxylic acids is 1. The van der Waals surface area contributed by atoms with Gasteiger partial charge in [0.25, 0.3) is 0 Å². The molecule has 0 amide bonds. The van der Waals surface area contributed by atoms with E-state index in [2.05, 4.69) is 43.3 Å². The maximum Gasteiger partial charge on any atom is 0.161 e. The van der Waals surface area contributed by atoms with Crippen molar-refractivity contribution in [2.75, 3.05) is 20.3 Å². The first kappa shape index (κ1) is 23.4. The van der Waals surface area contributed by atoms with E-state index in [1.54, 1.807) is 7.11 Å². The number of hydrogen-bond acceptors (Lipinski definition) is 5. The van der Waals surface area contributed by atoms with Gasteiger partial charge in [-0.2, -0.15) is 0 Å². The molecular weight excluding hydrogens is 428 g/mol. The fraction of sp³-hybridized carbons (Fsp3) is 0.552. The highest BCUT2D eigenvalue weighted by Gasteiger charge is 2.50. The summed E-state index contributed by atoms with van der Waals surface area (Å²) in [6, 6.07) is 14.6. The molecule has 34 heavy (non-hydrogen) atoms. The van der Waals surface area contributed by atoms with Gasteiger partial charge >= 0.3 is 0 Å². The first-order valence-electron chi connectivity index (χ1n) is 12.6. The lowest BCUT2D eigenvalue weighted by Crippen LogP contribution is -2.33. The molecule has 3 aliphatic rings.